The van der Waals surface area contributed by atoms with Gasteiger partial charge in [-0.05, 0) is 43.4 Å². The van der Waals surface area contributed by atoms with Crippen LogP contribution in [-0.4, -0.2) is 6.04 Å². The monoisotopic (exact) mass is 283 g/mol. The molecule has 3 rings (SSSR count). The number of rotatable bonds is 5. The zero-order valence-electron chi connectivity index (χ0n) is 12.8. The lowest BCUT2D eigenvalue weighted by Gasteiger charge is -2.31. The maximum atomic E-state index is 5.68. The quantitative estimate of drug-likeness (QED) is 0.842. The second-order valence-electron chi connectivity index (χ2n) is 6.21. The molecule has 2 nitrogen and oxygen atoms in total. The smallest absolute Gasteiger partial charge is 0.125 e. The van der Waals surface area contributed by atoms with Gasteiger partial charge in [0.25, 0.3) is 0 Å². The molecular weight excluding hydrogens is 258 g/mol. The van der Waals surface area contributed by atoms with E-state index in [1.807, 2.05) is 6.07 Å². The van der Waals surface area contributed by atoms with Gasteiger partial charge in [-0.1, -0.05) is 49.6 Å². The summed E-state index contributed by atoms with van der Waals surface area (Å²) in [5.74, 6) is 1.80. The van der Waals surface area contributed by atoms with E-state index < -0.39 is 0 Å². The molecule has 0 spiro atoms. The van der Waals surface area contributed by atoms with Crippen molar-refractivity contribution in [3.8, 4) is 0 Å². The van der Waals surface area contributed by atoms with Gasteiger partial charge in [-0.3, -0.25) is 0 Å². The van der Waals surface area contributed by atoms with Crippen molar-refractivity contribution >= 4 is 0 Å². The molecule has 1 aromatic carbocycles. The van der Waals surface area contributed by atoms with Gasteiger partial charge in [-0.2, -0.15) is 0 Å². The summed E-state index contributed by atoms with van der Waals surface area (Å²) in [5.41, 5.74) is 1.27. The van der Waals surface area contributed by atoms with Gasteiger partial charge < -0.3 is 9.73 Å². The molecule has 0 bridgehead atoms. The lowest BCUT2D eigenvalue weighted by Crippen LogP contribution is -2.37. The van der Waals surface area contributed by atoms with Crippen LogP contribution in [0.4, 0.5) is 0 Å². The molecule has 1 aromatic heterocycles. The van der Waals surface area contributed by atoms with Gasteiger partial charge in [-0.15, -0.1) is 0 Å². The number of furan rings is 1. The van der Waals surface area contributed by atoms with Crippen molar-refractivity contribution in [1.82, 2.24) is 5.32 Å². The Morgan fingerprint density at radius 1 is 1.00 bits per heavy atom. The van der Waals surface area contributed by atoms with Gasteiger partial charge in [0.15, 0.2) is 0 Å². The summed E-state index contributed by atoms with van der Waals surface area (Å²) in [5, 5.41) is 3.81. The van der Waals surface area contributed by atoms with Crippen LogP contribution in [0.3, 0.4) is 0 Å². The van der Waals surface area contributed by atoms with Gasteiger partial charge in [-0.25, -0.2) is 0 Å². The van der Waals surface area contributed by atoms with Crippen LogP contribution in [-0.2, 0) is 0 Å². The minimum Gasteiger partial charge on any atom is -0.467 e. The van der Waals surface area contributed by atoms with Crippen LogP contribution in [0.5, 0.6) is 0 Å². The van der Waals surface area contributed by atoms with E-state index in [0.717, 1.165) is 11.7 Å². The van der Waals surface area contributed by atoms with Crippen molar-refractivity contribution in [3.05, 3.63) is 60.1 Å². The lowest BCUT2D eigenvalue weighted by atomic mass is 9.84. The fourth-order valence-corrected chi connectivity index (χ4v) is 3.48. The summed E-state index contributed by atoms with van der Waals surface area (Å²) in [7, 11) is 0. The summed E-state index contributed by atoms with van der Waals surface area (Å²) >= 11 is 0. The van der Waals surface area contributed by atoms with E-state index in [1.54, 1.807) is 6.26 Å². The van der Waals surface area contributed by atoms with Crippen molar-refractivity contribution in [1.29, 1.82) is 0 Å². The van der Waals surface area contributed by atoms with Crippen molar-refractivity contribution in [2.45, 2.75) is 51.1 Å². The van der Waals surface area contributed by atoms with E-state index in [2.05, 4.69) is 48.6 Å². The van der Waals surface area contributed by atoms with E-state index in [-0.39, 0.29) is 6.04 Å². The number of hydrogen-bond acceptors (Lipinski definition) is 2. The molecule has 1 fully saturated rings. The van der Waals surface area contributed by atoms with E-state index in [4.69, 9.17) is 4.42 Å². The molecule has 2 heteroatoms. The van der Waals surface area contributed by atoms with Crippen molar-refractivity contribution in [2.75, 3.05) is 0 Å². The molecule has 1 N–H and O–H groups in total. The Balaban J connectivity index is 1.76. The average molecular weight is 283 g/mol. The first-order valence-corrected chi connectivity index (χ1v) is 8.19. The first kappa shape index (κ1) is 14.4. The second kappa shape index (κ2) is 6.95. The Kier molecular flexibility index (Phi) is 4.76. The third-order valence-corrected chi connectivity index (χ3v) is 4.75. The molecule has 0 amide bonds. The van der Waals surface area contributed by atoms with E-state index in [9.17, 15) is 0 Å². The highest BCUT2D eigenvalue weighted by Gasteiger charge is 2.25. The molecule has 1 aliphatic carbocycles. The van der Waals surface area contributed by atoms with Crippen molar-refractivity contribution in [2.24, 2.45) is 5.92 Å². The standard InChI is InChI=1S/C19H25NO/c1-15(16-9-4-2-5-10-16)20-19(18-13-8-14-21-18)17-11-6-3-7-12-17/h3,6-8,11-16,19-20H,2,4-5,9-10H2,1H3. The molecule has 2 atom stereocenters. The molecule has 21 heavy (non-hydrogen) atoms. The minimum atomic E-state index is 0.151. The van der Waals surface area contributed by atoms with E-state index >= 15 is 0 Å². The zero-order chi connectivity index (χ0) is 14.5. The highest BCUT2D eigenvalue weighted by Crippen LogP contribution is 2.29. The van der Waals surface area contributed by atoms with Crippen LogP contribution in [0.2, 0.25) is 0 Å². The summed E-state index contributed by atoms with van der Waals surface area (Å²) in [6.07, 6.45) is 8.64. The molecule has 112 valence electrons. The topological polar surface area (TPSA) is 25.2 Å². The first-order chi connectivity index (χ1) is 10.3. The highest BCUT2D eigenvalue weighted by molar-refractivity contribution is 5.26. The minimum absolute atomic E-state index is 0.151. The van der Waals surface area contributed by atoms with Crippen molar-refractivity contribution < 1.29 is 4.42 Å². The SMILES string of the molecule is CC(NC(c1ccccc1)c1ccco1)C1CCCCC1. The number of benzene rings is 1. The van der Waals surface area contributed by atoms with Gasteiger partial charge in [0, 0.05) is 6.04 Å². The third kappa shape index (κ3) is 3.56. The number of nitrogens with one attached hydrogen (secondary N) is 1. The summed E-state index contributed by atoms with van der Waals surface area (Å²) < 4.78 is 5.68. The zero-order valence-corrected chi connectivity index (χ0v) is 12.8. The Morgan fingerprint density at radius 3 is 2.43 bits per heavy atom. The molecule has 2 unspecified atom stereocenters. The maximum Gasteiger partial charge on any atom is 0.125 e. The molecule has 0 saturated heterocycles. The van der Waals surface area contributed by atoms with Crippen LogP contribution in [0.15, 0.2) is 53.1 Å². The maximum absolute atomic E-state index is 5.68. The fourth-order valence-electron chi connectivity index (χ4n) is 3.48. The van der Waals surface area contributed by atoms with E-state index in [1.165, 1.54) is 37.7 Å². The normalized spacial score (nSPS) is 19.3. The van der Waals surface area contributed by atoms with Crippen LogP contribution >= 0.6 is 0 Å². The Labute approximate surface area is 127 Å². The van der Waals surface area contributed by atoms with Crippen LogP contribution in [0, 0.1) is 5.92 Å². The second-order valence-corrected chi connectivity index (χ2v) is 6.21. The average Bonchev–Trinajstić information content (AvgIpc) is 3.08. The first-order valence-electron chi connectivity index (χ1n) is 8.19. The van der Waals surface area contributed by atoms with Gasteiger partial charge in [0.1, 0.15) is 5.76 Å². The van der Waals surface area contributed by atoms with E-state index in [0.29, 0.717) is 6.04 Å². The Morgan fingerprint density at radius 2 is 1.76 bits per heavy atom. The lowest BCUT2D eigenvalue weighted by molar-refractivity contribution is 0.264. The van der Waals surface area contributed by atoms with Gasteiger partial charge >= 0.3 is 0 Å². The molecule has 1 saturated carbocycles. The van der Waals surface area contributed by atoms with Crippen LogP contribution < -0.4 is 5.32 Å². The third-order valence-electron chi connectivity index (χ3n) is 4.75. The molecule has 0 aliphatic heterocycles. The predicted octanol–water partition coefficient (Wildman–Crippen LogP) is 4.93. The summed E-state index contributed by atoms with van der Waals surface area (Å²) in [6, 6.07) is 15.3. The largest absolute Gasteiger partial charge is 0.467 e. The summed E-state index contributed by atoms with van der Waals surface area (Å²) in [6.45, 7) is 2.33. The van der Waals surface area contributed by atoms with Crippen molar-refractivity contribution in [3.63, 3.8) is 0 Å². The number of hydrogen-bond donors (Lipinski definition) is 1. The van der Waals surface area contributed by atoms with Crippen LogP contribution in [0.25, 0.3) is 0 Å². The molecule has 1 aliphatic rings. The predicted molar refractivity (Wildman–Crippen MR) is 86.2 cm³/mol. The van der Waals surface area contributed by atoms with Gasteiger partial charge in [0.05, 0.1) is 12.3 Å². The highest BCUT2D eigenvalue weighted by atomic mass is 16.3. The molecule has 2 aromatic rings. The Hall–Kier alpha value is -1.54. The Bertz CT molecular complexity index is 514. The molecule has 1 heterocycles. The fraction of sp³-hybridized carbons (Fsp3) is 0.474. The van der Waals surface area contributed by atoms with Gasteiger partial charge in [0.2, 0.25) is 0 Å². The summed E-state index contributed by atoms with van der Waals surface area (Å²) in [4.78, 5) is 0. The molecule has 0 radical (unpaired) electrons. The molecular formula is C19H25NO. The van der Waals surface area contributed by atoms with Crippen LogP contribution in [0.1, 0.15) is 56.4 Å².